The first-order valence-electron chi connectivity index (χ1n) is 24.3. The van der Waals surface area contributed by atoms with Gasteiger partial charge in [-0.25, -0.2) is 4.79 Å². The fourth-order valence-corrected chi connectivity index (χ4v) is 6.13. The molecule has 2 atom stereocenters. The molecule has 62 heavy (non-hydrogen) atoms. The molecule has 0 bridgehead atoms. The summed E-state index contributed by atoms with van der Waals surface area (Å²) in [5.74, 6) is -2.06. The number of hydrogen-bond donors (Lipinski definition) is 1. The number of hydrogen-bond acceptors (Lipinski definition) is 7. The van der Waals surface area contributed by atoms with Crippen molar-refractivity contribution in [1.82, 2.24) is 0 Å². The number of esters is 2. The maximum absolute atomic E-state index is 12.8. The Bertz CT molecular complexity index is 1290. The van der Waals surface area contributed by atoms with Crippen LogP contribution in [0.5, 0.6) is 0 Å². The number of rotatable bonds is 43. The molecule has 354 valence electrons. The molecule has 0 heterocycles. The van der Waals surface area contributed by atoms with Gasteiger partial charge in [-0.3, -0.25) is 9.59 Å². The van der Waals surface area contributed by atoms with E-state index in [4.69, 9.17) is 18.9 Å². The van der Waals surface area contributed by atoms with Crippen LogP contribution < -0.4 is 0 Å². The third-order valence-electron chi connectivity index (χ3n) is 9.89. The first-order valence-corrected chi connectivity index (χ1v) is 24.3. The van der Waals surface area contributed by atoms with Gasteiger partial charge in [-0.15, -0.1) is 0 Å². The normalized spacial score (nSPS) is 13.6. The molecule has 0 aliphatic heterocycles. The molecule has 0 aromatic rings. The zero-order chi connectivity index (χ0) is 45.6. The maximum atomic E-state index is 12.8. The van der Waals surface area contributed by atoms with Gasteiger partial charge in [0.1, 0.15) is 13.2 Å². The van der Waals surface area contributed by atoms with Gasteiger partial charge in [-0.2, -0.15) is 0 Å². The fourth-order valence-electron chi connectivity index (χ4n) is 6.13. The SMILES string of the molecule is CC/C=C\C/C=C\C/C=C\C/C=C\C/C=C\CCCCCCCC(=O)OC(COC(=O)CCCCCCC/C=C\C/C=C\CCCCCC)COC(OCC[N+](C)(C)C)C(=O)O. The summed E-state index contributed by atoms with van der Waals surface area (Å²) in [7, 11) is 5.94. The van der Waals surface area contributed by atoms with Crippen molar-refractivity contribution in [2.45, 2.75) is 187 Å². The zero-order valence-corrected chi connectivity index (χ0v) is 40.0. The largest absolute Gasteiger partial charge is 0.477 e. The molecule has 2 unspecified atom stereocenters. The lowest BCUT2D eigenvalue weighted by molar-refractivity contribution is -0.870. The van der Waals surface area contributed by atoms with Crippen LogP contribution in [0.1, 0.15) is 174 Å². The smallest absolute Gasteiger partial charge is 0.361 e. The molecule has 0 saturated heterocycles. The van der Waals surface area contributed by atoms with Crippen LogP contribution in [-0.4, -0.2) is 87.4 Å². The Hall–Kier alpha value is -3.53. The molecule has 1 N–H and O–H groups in total. The van der Waals surface area contributed by atoms with E-state index in [-0.39, 0.29) is 38.6 Å². The van der Waals surface area contributed by atoms with Crippen LogP contribution in [0.3, 0.4) is 0 Å². The summed E-state index contributed by atoms with van der Waals surface area (Å²) in [5, 5.41) is 9.66. The average Bonchev–Trinajstić information content (AvgIpc) is 3.23. The van der Waals surface area contributed by atoms with E-state index in [9.17, 15) is 19.5 Å². The van der Waals surface area contributed by atoms with Crippen LogP contribution in [0.4, 0.5) is 0 Å². The van der Waals surface area contributed by atoms with Gasteiger partial charge in [0.05, 0.1) is 34.4 Å². The number of carboxylic acids is 1. The van der Waals surface area contributed by atoms with E-state index in [0.29, 0.717) is 17.4 Å². The number of carboxylic acid groups (broad SMARTS) is 1. The van der Waals surface area contributed by atoms with Gasteiger partial charge in [-0.05, 0) is 89.9 Å². The lowest BCUT2D eigenvalue weighted by Gasteiger charge is -2.25. The van der Waals surface area contributed by atoms with Crippen molar-refractivity contribution in [1.29, 1.82) is 0 Å². The summed E-state index contributed by atoms with van der Waals surface area (Å²) in [6.45, 7) is 4.68. The maximum Gasteiger partial charge on any atom is 0.361 e. The van der Waals surface area contributed by atoms with Crippen molar-refractivity contribution in [2.24, 2.45) is 0 Å². The van der Waals surface area contributed by atoms with E-state index in [0.717, 1.165) is 109 Å². The molecule has 0 saturated carbocycles. The van der Waals surface area contributed by atoms with Gasteiger partial charge in [-0.1, -0.05) is 157 Å². The number of allylic oxidation sites excluding steroid dienone is 14. The molecular weight excluding hydrogens is 779 g/mol. The number of nitrogens with zero attached hydrogens (tertiary/aromatic N) is 1. The van der Waals surface area contributed by atoms with Crippen molar-refractivity contribution in [3.8, 4) is 0 Å². The van der Waals surface area contributed by atoms with E-state index in [2.05, 4.69) is 98.9 Å². The van der Waals surface area contributed by atoms with E-state index in [1.807, 2.05) is 21.1 Å². The topological polar surface area (TPSA) is 108 Å². The second kappa shape index (κ2) is 44.1. The van der Waals surface area contributed by atoms with Crippen molar-refractivity contribution in [3.63, 3.8) is 0 Å². The first kappa shape index (κ1) is 58.5. The molecule has 0 rings (SSSR count). The molecule has 0 amide bonds. The van der Waals surface area contributed by atoms with Crippen molar-refractivity contribution in [3.05, 3.63) is 85.1 Å². The quantitative estimate of drug-likeness (QED) is 0.0212. The minimum atomic E-state index is -1.52. The second-order valence-corrected chi connectivity index (χ2v) is 17.0. The summed E-state index contributed by atoms with van der Waals surface area (Å²) in [6.07, 6.45) is 53.5. The summed E-state index contributed by atoms with van der Waals surface area (Å²) in [6, 6.07) is 0. The molecule has 0 spiro atoms. The third kappa shape index (κ3) is 44.5. The van der Waals surface area contributed by atoms with Gasteiger partial charge in [0, 0.05) is 12.8 Å². The third-order valence-corrected chi connectivity index (χ3v) is 9.89. The molecule has 0 fully saturated rings. The van der Waals surface area contributed by atoms with Gasteiger partial charge in [0.2, 0.25) is 0 Å². The van der Waals surface area contributed by atoms with Crippen LogP contribution >= 0.6 is 0 Å². The lowest BCUT2D eigenvalue weighted by atomic mass is 10.1. The Morgan fingerprint density at radius 2 is 0.919 bits per heavy atom. The highest BCUT2D eigenvalue weighted by Crippen LogP contribution is 2.12. The van der Waals surface area contributed by atoms with E-state index in [1.54, 1.807) is 0 Å². The fraction of sp³-hybridized carbons (Fsp3) is 0.679. The molecule has 9 heteroatoms. The van der Waals surface area contributed by atoms with Crippen LogP contribution in [0.2, 0.25) is 0 Å². The lowest BCUT2D eigenvalue weighted by Crippen LogP contribution is -2.40. The molecule has 0 aromatic carbocycles. The Kier molecular flexibility index (Phi) is 41.6. The van der Waals surface area contributed by atoms with Crippen molar-refractivity contribution >= 4 is 17.9 Å². The van der Waals surface area contributed by atoms with Crippen LogP contribution in [-0.2, 0) is 33.3 Å². The standard InChI is InChI=1S/C53H89NO8/c1-6-8-10-12-14-16-18-20-22-24-25-26-27-28-30-32-34-36-38-40-42-44-51(56)62-49(48-61-53(52(57)58)59-46-45-54(3,4)5)47-60-50(55)43-41-39-37-35-33-31-29-23-21-19-17-15-13-11-9-7-2/h8,10,14,16-17,19-20,22-23,25-26,28-30,49,53H,6-7,9,11-13,15,18,21,24,27,31-48H2,1-5H3/p+1/b10-8-,16-14-,19-17-,22-20-,26-25-,29-23-,30-28-. The first-order chi connectivity index (χ1) is 30.1. The number of ether oxygens (including phenoxy) is 4. The van der Waals surface area contributed by atoms with Gasteiger partial charge >= 0.3 is 17.9 Å². The predicted octanol–water partition coefficient (Wildman–Crippen LogP) is 13.3. The monoisotopic (exact) mass is 869 g/mol. The Morgan fingerprint density at radius 3 is 1.37 bits per heavy atom. The minimum Gasteiger partial charge on any atom is -0.477 e. The highest BCUT2D eigenvalue weighted by Gasteiger charge is 2.25. The molecule has 9 nitrogen and oxygen atoms in total. The van der Waals surface area contributed by atoms with Crippen molar-refractivity contribution < 1.29 is 42.9 Å². The van der Waals surface area contributed by atoms with E-state index in [1.165, 1.54) is 32.1 Å². The van der Waals surface area contributed by atoms with E-state index >= 15 is 0 Å². The minimum absolute atomic E-state index is 0.176. The highest BCUT2D eigenvalue weighted by molar-refractivity contribution is 5.71. The predicted molar refractivity (Wildman–Crippen MR) is 258 cm³/mol. The number of aliphatic carboxylic acids is 1. The average molecular weight is 869 g/mol. The van der Waals surface area contributed by atoms with Gasteiger partial charge in [0.15, 0.2) is 6.10 Å². The van der Waals surface area contributed by atoms with Gasteiger partial charge in [0.25, 0.3) is 6.29 Å². The molecular formula is C53H90NO8+. The zero-order valence-electron chi connectivity index (χ0n) is 40.0. The van der Waals surface area contributed by atoms with Crippen LogP contribution in [0, 0.1) is 0 Å². The summed E-state index contributed by atoms with van der Waals surface area (Å²) >= 11 is 0. The Balaban J connectivity index is 4.47. The van der Waals surface area contributed by atoms with E-state index < -0.39 is 24.3 Å². The van der Waals surface area contributed by atoms with Crippen LogP contribution in [0.25, 0.3) is 0 Å². The number of carbonyl (C=O) groups excluding carboxylic acids is 2. The number of unbranched alkanes of at least 4 members (excludes halogenated alkanes) is 14. The highest BCUT2D eigenvalue weighted by atomic mass is 16.7. The number of carbonyl (C=O) groups is 3. The molecule has 0 aliphatic carbocycles. The van der Waals surface area contributed by atoms with Gasteiger partial charge < -0.3 is 28.5 Å². The summed E-state index contributed by atoms with van der Waals surface area (Å²) in [5.41, 5.74) is 0. The summed E-state index contributed by atoms with van der Waals surface area (Å²) < 4.78 is 22.7. The Morgan fingerprint density at radius 1 is 0.500 bits per heavy atom. The molecule has 0 radical (unpaired) electrons. The second-order valence-electron chi connectivity index (χ2n) is 17.0. The Labute approximate surface area is 379 Å². The molecule has 0 aliphatic rings. The molecule has 0 aromatic heterocycles. The summed E-state index contributed by atoms with van der Waals surface area (Å²) in [4.78, 5) is 37.2. The number of quaternary nitrogens is 1. The van der Waals surface area contributed by atoms with Crippen molar-refractivity contribution in [2.75, 3.05) is 47.5 Å². The van der Waals surface area contributed by atoms with Crippen LogP contribution in [0.15, 0.2) is 85.1 Å². The number of likely N-dealkylation sites (N-methyl/N-ethyl adjacent to an activating group) is 1.